The van der Waals surface area contributed by atoms with Gasteiger partial charge in [-0.3, -0.25) is 0 Å². The highest BCUT2D eigenvalue weighted by atomic mass is 16.3. The van der Waals surface area contributed by atoms with Crippen molar-refractivity contribution in [2.75, 3.05) is 6.61 Å². The van der Waals surface area contributed by atoms with E-state index in [0.29, 0.717) is 11.8 Å². The monoisotopic (exact) mass is 304 g/mol. The number of rotatable bonds is 2. The average Bonchev–Trinajstić information content (AvgIpc) is 2.51. The SMILES string of the molecule is C=C[C@]1(C)C=C2CC[C@H]3[C@](C)(CO)[C@H](O)CC[C@@]3(C)[C@@H]2CC1. The van der Waals surface area contributed by atoms with Crippen molar-refractivity contribution < 1.29 is 10.2 Å². The lowest BCUT2D eigenvalue weighted by molar-refractivity contribution is -0.153. The molecule has 0 bridgehead atoms. The van der Waals surface area contributed by atoms with Gasteiger partial charge in [0.25, 0.3) is 0 Å². The Morgan fingerprint density at radius 1 is 1.23 bits per heavy atom. The van der Waals surface area contributed by atoms with Gasteiger partial charge < -0.3 is 10.2 Å². The summed E-state index contributed by atoms with van der Waals surface area (Å²) in [4.78, 5) is 0. The van der Waals surface area contributed by atoms with Crippen LogP contribution in [0.15, 0.2) is 24.3 Å². The van der Waals surface area contributed by atoms with Gasteiger partial charge in [0.1, 0.15) is 0 Å². The molecule has 0 aromatic carbocycles. The van der Waals surface area contributed by atoms with Crippen molar-refractivity contribution in [3.05, 3.63) is 24.3 Å². The van der Waals surface area contributed by atoms with Gasteiger partial charge in [-0.1, -0.05) is 38.5 Å². The van der Waals surface area contributed by atoms with Crippen molar-refractivity contribution in [3.8, 4) is 0 Å². The minimum absolute atomic E-state index is 0.102. The van der Waals surface area contributed by atoms with Crippen molar-refractivity contribution in [2.24, 2.45) is 28.1 Å². The Bertz CT molecular complexity index is 496. The molecule has 2 saturated carbocycles. The van der Waals surface area contributed by atoms with E-state index in [4.69, 9.17) is 0 Å². The third-order valence-corrected chi connectivity index (χ3v) is 7.57. The number of hydrogen-bond donors (Lipinski definition) is 2. The highest BCUT2D eigenvalue weighted by Crippen LogP contribution is 2.63. The maximum atomic E-state index is 10.5. The number of allylic oxidation sites excluding steroid dienone is 3. The van der Waals surface area contributed by atoms with E-state index in [1.54, 1.807) is 5.57 Å². The molecule has 3 aliphatic rings. The molecular formula is C20H32O2. The molecule has 0 amide bonds. The minimum atomic E-state index is -0.358. The molecule has 2 nitrogen and oxygen atoms in total. The zero-order valence-electron chi connectivity index (χ0n) is 14.4. The van der Waals surface area contributed by atoms with Gasteiger partial charge in [0, 0.05) is 10.8 Å². The highest BCUT2D eigenvalue weighted by Gasteiger charge is 2.58. The van der Waals surface area contributed by atoms with Crippen LogP contribution in [0.5, 0.6) is 0 Å². The third kappa shape index (κ3) is 2.14. The van der Waals surface area contributed by atoms with E-state index in [1.807, 2.05) is 0 Å². The van der Waals surface area contributed by atoms with E-state index in [1.165, 1.54) is 12.8 Å². The Morgan fingerprint density at radius 3 is 2.59 bits per heavy atom. The van der Waals surface area contributed by atoms with E-state index in [-0.39, 0.29) is 29.0 Å². The lowest BCUT2D eigenvalue weighted by atomic mass is 9.44. The first-order valence-electron chi connectivity index (χ1n) is 8.93. The molecule has 124 valence electrons. The molecule has 22 heavy (non-hydrogen) atoms. The first kappa shape index (κ1) is 16.3. The number of aliphatic hydroxyl groups is 2. The molecule has 0 heterocycles. The first-order chi connectivity index (χ1) is 10.3. The van der Waals surface area contributed by atoms with Crippen molar-refractivity contribution in [1.82, 2.24) is 0 Å². The zero-order chi connectivity index (χ0) is 16.2. The number of fused-ring (bicyclic) bond motifs is 3. The van der Waals surface area contributed by atoms with E-state index in [2.05, 4.69) is 39.5 Å². The van der Waals surface area contributed by atoms with Crippen LogP contribution in [0, 0.1) is 28.1 Å². The van der Waals surface area contributed by atoms with Gasteiger partial charge in [-0.2, -0.15) is 0 Å². The Hall–Kier alpha value is -0.600. The van der Waals surface area contributed by atoms with Gasteiger partial charge in [0.15, 0.2) is 0 Å². The molecule has 3 rings (SSSR count). The lowest BCUT2D eigenvalue weighted by Crippen LogP contribution is -2.58. The molecule has 0 spiro atoms. The summed E-state index contributed by atoms with van der Waals surface area (Å²) >= 11 is 0. The van der Waals surface area contributed by atoms with Crippen LogP contribution >= 0.6 is 0 Å². The summed E-state index contributed by atoms with van der Waals surface area (Å²) in [6, 6.07) is 0. The Labute approximate surface area is 135 Å². The predicted octanol–water partition coefficient (Wildman–Crippen LogP) is 4.08. The summed E-state index contributed by atoms with van der Waals surface area (Å²) in [7, 11) is 0. The summed E-state index contributed by atoms with van der Waals surface area (Å²) in [5.74, 6) is 1.04. The normalized spacial score (nSPS) is 51.5. The molecule has 2 heteroatoms. The second kappa shape index (κ2) is 5.21. The molecule has 6 atom stereocenters. The Morgan fingerprint density at radius 2 is 1.95 bits per heavy atom. The summed E-state index contributed by atoms with van der Waals surface area (Å²) in [6.45, 7) is 10.9. The van der Waals surface area contributed by atoms with Gasteiger partial charge in [0.05, 0.1) is 12.7 Å². The molecule has 3 aliphatic carbocycles. The van der Waals surface area contributed by atoms with Crippen molar-refractivity contribution in [2.45, 2.75) is 65.4 Å². The van der Waals surface area contributed by atoms with E-state index in [0.717, 1.165) is 25.7 Å². The fraction of sp³-hybridized carbons (Fsp3) is 0.800. The third-order valence-electron chi connectivity index (χ3n) is 7.57. The van der Waals surface area contributed by atoms with Crippen LogP contribution in [0.4, 0.5) is 0 Å². The summed E-state index contributed by atoms with van der Waals surface area (Å²) in [5, 5.41) is 20.5. The number of hydrogen-bond acceptors (Lipinski definition) is 2. The van der Waals surface area contributed by atoms with Crippen LogP contribution in [-0.2, 0) is 0 Å². The maximum absolute atomic E-state index is 10.5. The average molecular weight is 304 g/mol. The second-order valence-electron chi connectivity index (χ2n) is 8.84. The number of aliphatic hydroxyl groups excluding tert-OH is 2. The maximum Gasteiger partial charge on any atom is 0.0618 e. The van der Waals surface area contributed by atoms with E-state index < -0.39 is 0 Å². The van der Waals surface area contributed by atoms with E-state index >= 15 is 0 Å². The second-order valence-corrected chi connectivity index (χ2v) is 8.84. The zero-order valence-corrected chi connectivity index (χ0v) is 14.4. The smallest absolute Gasteiger partial charge is 0.0618 e. The fourth-order valence-corrected chi connectivity index (χ4v) is 5.94. The molecule has 0 aliphatic heterocycles. The molecule has 0 unspecified atom stereocenters. The summed E-state index contributed by atoms with van der Waals surface area (Å²) in [5.41, 5.74) is 1.66. The van der Waals surface area contributed by atoms with Gasteiger partial charge >= 0.3 is 0 Å². The first-order valence-corrected chi connectivity index (χ1v) is 8.93. The van der Waals surface area contributed by atoms with Gasteiger partial charge in [-0.05, 0) is 55.8 Å². The van der Waals surface area contributed by atoms with Gasteiger partial charge in [0.2, 0.25) is 0 Å². The Kier molecular flexibility index (Phi) is 3.85. The topological polar surface area (TPSA) is 40.5 Å². The molecule has 2 fully saturated rings. The van der Waals surface area contributed by atoms with Crippen LogP contribution in [0.25, 0.3) is 0 Å². The van der Waals surface area contributed by atoms with Crippen molar-refractivity contribution in [1.29, 1.82) is 0 Å². The standard InChI is InChI=1S/C20H32O2/c1-5-18(2)10-8-15-14(12-18)6-7-16-19(15,3)11-9-17(22)20(16,4)13-21/h5,12,15-17,21-22H,1,6-11,13H2,2-4H3/t15-,16-,17-,18+,19+,20+/m1/s1. The van der Waals surface area contributed by atoms with E-state index in [9.17, 15) is 10.2 Å². The largest absolute Gasteiger partial charge is 0.396 e. The van der Waals surface area contributed by atoms with Crippen LogP contribution in [-0.4, -0.2) is 22.9 Å². The molecule has 2 N–H and O–H groups in total. The summed E-state index contributed by atoms with van der Waals surface area (Å²) < 4.78 is 0. The van der Waals surface area contributed by atoms with Gasteiger partial charge in [-0.25, -0.2) is 0 Å². The molecular weight excluding hydrogens is 272 g/mol. The summed E-state index contributed by atoms with van der Waals surface area (Å²) in [6.07, 6.45) is 10.8. The van der Waals surface area contributed by atoms with Crippen LogP contribution in [0.1, 0.15) is 59.3 Å². The lowest BCUT2D eigenvalue weighted by Gasteiger charge is -2.61. The minimum Gasteiger partial charge on any atom is -0.396 e. The van der Waals surface area contributed by atoms with Crippen LogP contribution in [0.2, 0.25) is 0 Å². The quantitative estimate of drug-likeness (QED) is 0.755. The fourth-order valence-electron chi connectivity index (χ4n) is 5.94. The highest BCUT2D eigenvalue weighted by molar-refractivity contribution is 5.27. The molecule has 0 aromatic rings. The van der Waals surface area contributed by atoms with Crippen LogP contribution in [0.3, 0.4) is 0 Å². The Balaban J connectivity index is 1.98. The van der Waals surface area contributed by atoms with Crippen LogP contribution < -0.4 is 0 Å². The predicted molar refractivity (Wildman–Crippen MR) is 90.4 cm³/mol. The molecule has 0 saturated heterocycles. The molecule has 0 radical (unpaired) electrons. The van der Waals surface area contributed by atoms with Gasteiger partial charge in [-0.15, -0.1) is 6.58 Å². The van der Waals surface area contributed by atoms with Crippen molar-refractivity contribution in [3.63, 3.8) is 0 Å². The molecule has 0 aromatic heterocycles. The van der Waals surface area contributed by atoms with Crippen molar-refractivity contribution >= 4 is 0 Å².